The minimum absolute atomic E-state index is 0.270. The molecule has 1 unspecified atom stereocenters. The van der Waals surface area contributed by atoms with Gasteiger partial charge in [0.2, 0.25) is 0 Å². The van der Waals surface area contributed by atoms with Gasteiger partial charge in [-0.2, -0.15) is 13.2 Å². The second kappa shape index (κ2) is 6.66. The zero-order valence-electron chi connectivity index (χ0n) is 12.4. The summed E-state index contributed by atoms with van der Waals surface area (Å²) >= 11 is 0. The fourth-order valence-electron chi connectivity index (χ4n) is 2.55. The quantitative estimate of drug-likeness (QED) is 0.850. The summed E-state index contributed by atoms with van der Waals surface area (Å²) in [6.45, 7) is 4.63. The Labute approximate surface area is 123 Å². The average molecular weight is 302 g/mol. The van der Waals surface area contributed by atoms with Crippen molar-refractivity contribution in [2.24, 2.45) is 0 Å². The highest BCUT2D eigenvalue weighted by molar-refractivity contribution is 5.28. The lowest BCUT2D eigenvalue weighted by Crippen LogP contribution is -2.49. The molecule has 1 saturated heterocycles. The number of ether oxygens (including phenoxy) is 1. The lowest BCUT2D eigenvalue weighted by Gasteiger charge is -2.38. The van der Waals surface area contributed by atoms with Gasteiger partial charge in [0, 0.05) is 32.2 Å². The molecule has 0 aliphatic carbocycles. The Morgan fingerprint density at radius 1 is 1.29 bits per heavy atom. The van der Waals surface area contributed by atoms with Crippen LogP contribution in [-0.2, 0) is 6.54 Å². The molecule has 1 heterocycles. The van der Waals surface area contributed by atoms with Gasteiger partial charge in [0.05, 0.1) is 0 Å². The number of rotatable bonds is 4. The molecule has 1 atom stereocenters. The maximum absolute atomic E-state index is 12.2. The van der Waals surface area contributed by atoms with E-state index in [4.69, 9.17) is 4.74 Å². The first-order valence-electron chi connectivity index (χ1n) is 7.04. The Balaban J connectivity index is 1.94. The molecule has 21 heavy (non-hydrogen) atoms. The number of halogens is 3. The molecule has 0 amide bonds. The summed E-state index contributed by atoms with van der Waals surface area (Å²) in [5, 5.41) is 0. The molecule has 0 spiro atoms. The second-order valence-electron chi connectivity index (χ2n) is 5.63. The van der Waals surface area contributed by atoms with Gasteiger partial charge in [-0.15, -0.1) is 0 Å². The fourth-order valence-corrected chi connectivity index (χ4v) is 2.55. The van der Waals surface area contributed by atoms with Crippen molar-refractivity contribution < 1.29 is 17.9 Å². The molecular formula is C15H21F3N2O. The third kappa shape index (κ3) is 5.21. The molecule has 1 aliphatic heterocycles. The average Bonchev–Trinajstić information content (AvgIpc) is 2.39. The SMILES string of the molecule is CC1CN(C)CCN1Cc1cccc(OCC(F)(F)F)c1. The van der Waals surface area contributed by atoms with E-state index >= 15 is 0 Å². The van der Waals surface area contributed by atoms with Crippen LogP contribution in [0.5, 0.6) is 5.75 Å². The molecule has 6 heteroatoms. The summed E-state index contributed by atoms with van der Waals surface area (Å²) < 4.78 is 41.3. The Hall–Kier alpha value is -1.27. The normalized spacial score (nSPS) is 21.5. The van der Waals surface area contributed by atoms with Gasteiger partial charge in [-0.05, 0) is 31.7 Å². The van der Waals surface area contributed by atoms with E-state index in [0.717, 1.165) is 31.7 Å². The van der Waals surface area contributed by atoms with Crippen LogP contribution in [0.25, 0.3) is 0 Å². The number of likely N-dealkylation sites (N-methyl/N-ethyl adjacent to an activating group) is 1. The van der Waals surface area contributed by atoms with Crippen LogP contribution in [0, 0.1) is 0 Å². The van der Waals surface area contributed by atoms with Crippen molar-refractivity contribution in [3.05, 3.63) is 29.8 Å². The third-order valence-corrected chi connectivity index (χ3v) is 3.65. The summed E-state index contributed by atoms with van der Waals surface area (Å²) in [5.74, 6) is 0.270. The van der Waals surface area contributed by atoms with Crippen molar-refractivity contribution in [3.8, 4) is 5.75 Å². The van der Waals surface area contributed by atoms with Gasteiger partial charge < -0.3 is 9.64 Å². The van der Waals surface area contributed by atoms with E-state index in [1.54, 1.807) is 18.2 Å². The third-order valence-electron chi connectivity index (χ3n) is 3.65. The van der Waals surface area contributed by atoms with E-state index < -0.39 is 12.8 Å². The van der Waals surface area contributed by atoms with Crippen molar-refractivity contribution in [2.75, 3.05) is 33.3 Å². The number of nitrogens with zero attached hydrogens (tertiary/aromatic N) is 2. The Kier molecular flexibility index (Phi) is 5.11. The van der Waals surface area contributed by atoms with Crippen LogP contribution in [0.1, 0.15) is 12.5 Å². The number of hydrogen-bond donors (Lipinski definition) is 0. The van der Waals surface area contributed by atoms with Crippen LogP contribution in [0.3, 0.4) is 0 Å². The molecule has 3 nitrogen and oxygen atoms in total. The maximum Gasteiger partial charge on any atom is 0.422 e. The number of benzene rings is 1. The van der Waals surface area contributed by atoms with Crippen LogP contribution >= 0.6 is 0 Å². The van der Waals surface area contributed by atoms with Gasteiger partial charge in [0.1, 0.15) is 5.75 Å². The van der Waals surface area contributed by atoms with Crippen molar-refractivity contribution in [2.45, 2.75) is 25.7 Å². The molecule has 2 rings (SSSR count). The molecular weight excluding hydrogens is 281 g/mol. The summed E-state index contributed by atoms with van der Waals surface area (Å²) in [6.07, 6.45) is -4.30. The van der Waals surface area contributed by atoms with Gasteiger partial charge in [-0.25, -0.2) is 0 Å². The topological polar surface area (TPSA) is 15.7 Å². The van der Waals surface area contributed by atoms with E-state index in [1.807, 2.05) is 6.07 Å². The minimum Gasteiger partial charge on any atom is -0.484 e. The van der Waals surface area contributed by atoms with Crippen LogP contribution in [0.4, 0.5) is 13.2 Å². The predicted molar refractivity (Wildman–Crippen MR) is 75.4 cm³/mol. The van der Waals surface area contributed by atoms with E-state index in [0.29, 0.717) is 6.04 Å². The van der Waals surface area contributed by atoms with Crippen molar-refractivity contribution in [3.63, 3.8) is 0 Å². The van der Waals surface area contributed by atoms with Crippen LogP contribution < -0.4 is 4.74 Å². The van der Waals surface area contributed by atoms with Gasteiger partial charge in [-0.1, -0.05) is 12.1 Å². The summed E-state index contributed by atoms with van der Waals surface area (Å²) in [4.78, 5) is 4.62. The Morgan fingerprint density at radius 2 is 2.05 bits per heavy atom. The first kappa shape index (κ1) is 16.1. The smallest absolute Gasteiger partial charge is 0.422 e. The summed E-state index contributed by atoms with van der Waals surface area (Å²) in [7, 11) is 2.10. The van der Waals surface area contributed by atoms with Crippen LogP contribution in [0.15, 0.2) is 24.3 Å². The largest absolute Gasteiger partial charge is 0.484 e. The zero-order valence-corrected chi connectivity index (χ0v) is 12.4. The molecule has 118 valence electrons. The number of piperazine rings is 1. The Morgan fingerprint density at radius 3 is 2.71 bits per heavy atom. The predicted octanol–water partition coefficient (Wildman–Crippen LogP) is 2.76. The standard InChI is InChI=1S/C15H21F3N2O/c1-12-9-19(2)6-7-20(12)10-13-4-3-5-14(8-13)21-11-15(16,17)18/h3-5,8,12H,6-7,9-11H2,1-2H3. The van der Waals surface area contributed by atoms with Gasteiger partial charge in [0.15, 0.2) is 6.61 Å². The lowest BCUT2D eigenvalue weighted by molar-refractivity contribution is -0.153. The molecule has 0 N–H and O–H groups in total. The number of hydrogen-bond acceptors (Lipinski definition) is 3. The van der Waals surface area contributed by atoms with E-state index in [-0.39, 0.29) is 5.75 Å². The molecule has 0 radical (unpaired) electrons. The molecule has 0 aromatic heterocycles. The molecule has 0 saturated carbocycles. The number of alkyl halides is 3. The molecule has 0 bridgehead atoms. The van der Waals surface area contributed by atoms with Gasteiger partial charge in [0.25, 0.3) is 0 Å². The minimum atomic E-state index is -4.30. The fraction of sp³-hybridized carbons (Fsp3) is 0.600. The zero-order chi connectivity index (χ0) is 15.5. The highest BCUT2D eigenvalue weighted by Gasteiger charge is 2.28. The molecule has 1 aromatic rings. The first-order chi connectivity index (χ1) is 9.83. The van der Waals surface area contributed by atoms with Gasteiger partial charge in [-0.3, -0.25) is 4.90 Å². The molecule has 1 aliphatic rings. The summed E-state index contributed by atoms with van der Waals surface area (Å²) in [5.41, 5.74) is 0.978. The second-order valence-corrected chi connectivity index (χ2v) is 5.63. The highest BCUT2D eigenvalue weighted by Crippen LogP contribution is 2.21. The molecule has 1 fully saturated rings. The van der Waals surface area contributed by atoms with Gasteiger partial charge >= 0.3 is 6.18 Å². The monoisotopic (exact) mass is 302 g/mol. The molecule has 1 aromatic carbocycles. The van der Waals surface area contributed by atoms with Crippen LogP contribution in [-0.4, -0.2) is 55.3 Å². The Bertz CT molecular complexity index is 464. The summed E-state index contributed by atoms with van der Waals surface area (Å²) in [6, 6.07) is 7.34. The van der Waals surface area contributed by atoms with E-state index in [9.17, 15) is 13.2 Å². The van der Waals surface area contributed by atoms with E-state index in [1.165, 1.54) is 0 Å². The lowest BCUT2D eigenvalue weighted by atomic mass is 10.1. The first-order valence-corrected chi connectivity index (χ1v) is 7.04. The van der Waals surface area contributed by atoms with Crippen molar-refractivity contribution in [1.29, 1.82) is 0 Å². The highest BCUT2D eigenvalue weighted by atomic mass is 19.4. The maximum atomic E-state index is 12.2. The van der Waals surface area contributed by atoms with Crippen LogP contribution in [0.2, 0.25) is 0 Å². The van der Waals surface area contributed by atoms with Crippen molar-refractivity contribution >= 4 is 0 Å². The van der Waals surface area contributed by atoms with Crippen molar-refractivity contribution in [1.82, 2.24) is 9.80 Å². The van der Waals surface area contributed by atoms with E-state index in [2.05, 4.69) is 23.8 Å².